The van der Waals surface area contributed by atoms with Gasteiger partial charge in [0.25, 0.3) is 0 Å². The van der Waals surface area contributed by atoms with Crippen LogP contribution in [0.3, 0.4) is 0 Å². The number of carbonyl (C=O) groups excluding carboxylic acids is 4. The van der Waals surface area contributed by atoms with Gasteiger partial charge in [-0.3, -0.25) is 0 Å². The number of hydrogen-bond acceptors (Lipinski definition) is 10. The predicted octanol–water partition coefficient (Wildman–Crippen LogP) is -9.93. The quantitative estimate of drug-likeness (QED) is 0.418. The molecule has 2 unspecified atom stereocenters. The van der Waals surface area contributed by atoms with Crippen LogP contribution in [-0.4, -0.2) is 105 Å². The maximum absolute atomic E-state index is 9.95. The molecule has 0 aliphatic carbocycles. The van der Waals surface area contributed by atoms with Crippen molar-refractivity contribution in [3.05, 3.63) is 0 Å². The third-order valence-corrected chi connectivity index (χ3v) is 1.23. The number of carboxylic acid groups (broad SMARTS) is 4. The molecule has 0 amide bonds. The SMILES string of the molecule is O=C([O-])CC([O-])C(=O)[O-].O=C([O-])CC([O-])C(=O)[O-].[Mg+2].[Mg+2].[Mg+2]. The summed E-state index contributed by atoms with van der Waals surface area (Å²) in [5.41, 5.74) is 0. The standard InChI is InChI=1S/2C4H5O5.3Mg/c2*5-2(4(8)9)1-3(6)7;;;/h2*2H,1H2,(H,6,7)(H,8,9);;;/q2*-1;3*+2/p-4. The van der Waals surface area contributed by atoms with E-state index in [4.69, 9.17) is 0 Å². The summed E-state index contributed by atoms with van der Waals surface area (Å²) < 4.78 is 0. The molecule has 0 radical (unpaired) electrons. The molecule has 0 fully saturated rings. The maximum Gasteiger partial charge on any atom is 2.00 e. The summed E-state index contributed by atoms with van der Waals surface area (Å²) in [4.78, 5) is 38.1. The molecule has 0 N–H and O–H groups in total. The summed E-state index contributed by atoms with van der Waals surface area (Å²) in [6.07, 6.45) is -6.50. The summed E-state index contributed by atoms with van der Waals surface area (Å²) >= 11 is 0. The van der Waals surface area contributed by atoms with Crippen molar-refractivity contribution < 1.29 is 49.8 Å². The van der Waals surface area contributed by atoms with E-state index in [1.165, 1.54) is 0 Å². The van der Waals surface area contributed by atoms with Gasteiger partial charge in [0, 0.05) is 23.9 Å². The van der Waals surface area contributed by atoms with Crippen molar-refractivity contribution in [2.75, 3.05) is 0 Å². The second-order valence-corrected chi connectivity index (χ2v) is 2.77. The van der Waals surface area contributed by atoms with Crippen LogP contribution in [0.5, 0.6) is 0 Å². The molecule has 0 aromatic heterocycles. The van der Waals surface area contributed by atoms with E-state index in [0.29, 0.717) is 0 Å². The predicted molar refractivity (Wildman–Crippen MR) is 54.1 cm³/mol. The van der Waals surface area contributed by atoms with Crippen LogP contribution >= 0.6 is 0 Å². The number of carbonyl (C=O) groups is 4. The second kappa shape index (κ2) is 18.1. The minimum atomic E-state index is -2.21. The van der Waals surface area contributed by atoms with Crippen molar-refractivity contribution in [2.45, 2.75) is 25.0 Å². The van der Waals surface area contributed by atoms with Gasteiger partial charge in [-0.2, -0.15) is 0 Å². The fourth-order valence-corrected chi connectivity index (χ4v) is 0.469. The number of hydrogen-bond donors (Lipinski definition) is 0. The van der Waals surface area contributed by atoms with Gasteiger partial charge in [-0.1, -0.05) is 12.2 Å². The second-order valence-electron chi connectivity index (χ2n) is 2.77. The Labute approximate surface area is 167 Å². The van der Waals surface area contributed by atoms with E-state index in [1.807, 2.05) is 0 Å². The molecule has 0 aliphatic heterocycles. The molecular weight excluding hydrogens is 329 g/mol. The average Bonchev–Trinajstić information content (AvgIpc) is 2.16. The first-order chi connectivity index (χ1) is 8.07. The van der Waals surface area contributed by atoms with E-state index in [9.17, 15) is 49.8 Å². The Kier molecular flexibility index (Phi) is 28.4. The van der Waals surface area contributed by atoms with Crippen molar-refractivity contribution in [3.63, 3.8) is 0 Å². The Morgan fingerprint density at radius 2 is 0.810 bits per heavy atom. The van der Waals surface area contributed by atoms with Crippen LogP contribution in [0.15, 0.2) is 0 Å². The average molecular weight is 335 g/mol. The third-order valence-electron chi connectivity index (χ3n) is 1.23. The zero-order valence-electron chi connectivity index (χ0n) is 10.8. The van der Waals surface area contributed by atoms with Crippen molar-refractivity contribution in [1.29, 1.82) is 0 Å². The minimum absolute atomic E-state index is 0. The van der Waals surface area contributed by atoms with Crippen molar-refractivity contribution in [1.82, 2.24) is 0 Å². The molecule has 21 heavy (non-hydrogen) atoms. The molecular formula is C8H6Mg3O10. The maximum atomic E-state index is 9.95. The zero-order chi connectivity index (χ0) is 14.9. The Hall–Kier alpha value is 0.0987. The summed E-state index contributed by atoms with van der Waals surface area (Å²) in [5, 5.41) is 58.0. The largest absolute Gasteiger partial charge is 2.00 e. The fourth-order valence-electron chi connectivity index (χ4n) is 0.469. The zero-order valence-corrected chi connectivity index (χ0v) is 15.0. The van der Waals surface area contributed by atoms with E-state index in [-0.39, 0.29) is 69.2 Å². The molecule has 0 saturated carbocycles. The Morgan fingerprint density at radius 3 is 0.857 bits per heavy atom. The number of aliphatic carboxylic acids is 4. The van der Waals surface area contributed by atoms with E-state index in [0.717, 1.165) is 0 Å². The first-order valence-electron chi connectivity index (χ1n) is 4.21. The van der Waals surface area contributed by atoms with Gasteiger partial charge in [0.15, 0.2) is 0 Å². The third kappa shape index (κ3) is 25.4. The Balaban J connectivity index is -0.0000000711. The first kappa shape index (κ1) is 32.9. The van der Waals surface area contributed by atoms with Crippen LogP contribution in [-0.2, 0) is 19.2 Å². The van der Waals surface area contributed by atoms with Crippen LogP contribution in [0.4, 0.5) is 0 Å². The van der Waals surface area contributed by atoms with Crippen LogP contribution < -0.4 is 30.6 Å². The molecule has 0 heterocycles. The molecule has 2 atom stereocenters. The monoisotopic (exact) mass is 334 g/mol. The van der Waals surface area contributed by atoms with Gasteiger partial charge in [0.05, 0.1) is 0 Å². The molecule has 0 aromatic carbocycles. The molecule has 0 aliphatic rings. The topological polar surface area (TPSA) is 207 Å². The molecule has 104 valence electrons. The van der Waals surface area contributed by atoms with E-state index < -0.39 is 48.9 Å². The van der Waals surface area contributed by atoms with Crippen LogP contribution in [0, 0.1) is 0 Å². The first-order valence-corrected chi connectivity index (χ1v) is 4.21. The summed E-state index contributed by atoms with van der Waals surface area (Å²) in [6, 6.07) is 0. The van der Waals surface area contributed by atoms with Crippen molar-refractivity contribution in [3.8, 4) is 0 Å². The van der Waals surface area contributed by atoms with Gasteiger partial charge in [-0.25, -0.2) is 0 Å². The van der Waals surface area contributed by atoms with Crippen molar-refractivity contribution in [2.24, 2.45) is 0 Å². The Morgan fingerprint density at radius 1 is 0.619 bits per heavy atom. The molecule has 0 spiro atoms. The number of rotatable bonds is 6. The van der Waals surface area contributed by atoms with Gasteiger partial charge in [-0.15, -0.1) is 0 Å². The number of carboxylic acids is 4. The molecule has 0 bridgehead atoms. The summed E-state index contributed by atoms with van der Waals surface area (Å²) in [6.45, 7) is 0. The van der Waals surface area contributed by atoms with E-state index in [2.05, 4.69) is 0 Å². The molecule has 13 heteroatoms. The summed E-state index contributed by atoms with van der Waals surface area (Å²) in [5.74, 6) is -7.20. The van der Waals surface area contributed by atoms with Crippen LogP contribution in [0.1, 0.15) is 12.8 Å². The Bertz CT molecular complexity index is 302. The smallest absolute Gasteiger partial charge is 0.847 e. The van der Waals surface area contributed by atoms with Gasteiger partial charge >= 0.3 is 69.2 Å². The van der Waals surface area contributed by atoms with Gasteiger partial charge < -0.3 is 49.8 Å². The molecule has 0 saturated heterocycles. The van der Waals surface area contributed by atoms with Gasteiger partial charge in [0.1, 0.15) is 0 Å². The van der Waals surface area contributed by atoms with Gasteiger partial charge in [-0.05, 0) is 12.8 Å². The minimum Gasteiger partial charge on any atom is -0.847 e. The molecule has 0 aromatic rings. The fraction of sp³-hybridized carbons (Fsp3) is 0.500. The normalized spacial score (nSPS) is 10.8. The molecule has 0 rings (SSSR count). The summed E-state index contributed by atoms with van der Waals surface area (Å²) in [7, 11) is 0. The van der Waals surface area contributed by atoms with E-state index >= 15 is 0 Å². The van der Waals surface area contributed by atoms with Crippen molar-refractivity contribution >= 4 is 93.0 Å². The van der Waals surface area contributed by atoms with E-state index in [1.54, 1.807) is 0 Å². The van der Waals surface area contributed by atoms with Crippen LogP contribution in [0.25, 0.3) is 0 Å². The van der Waals surface area contributed by atoms with Crippen LogP contribution in [0.2, 0.25) is 0 Å². The molecule has 10 nitrogen and oxygen atoms in total. The van der Waals surface area contributed by atoms with Gasteiger partial charge in [0.2, 0.25) is 0 Å².